The maximum absolute atomic E-state index is 11.2. The average Bonchev–Trinajstić information content (AvgIpc) is 2.97. The quantitative estimate of drug-likeness (QED) is 0.458. The van der Waals surface area contributed by atoms with Gasteiger partial charge in [0.1, 0.15) is 0 Å². The Hall–Kier alpha value is -0.528. The van der Waals surface area contributed by atoms with Crippen LogP contribution in [0.25, 0.3) is 10.9 Å². The molecular weight excluding hydrogens is 552 g/mol. The number of hydrogen-bond donors (Lipinski definition) is 1. The second kappa shape index (κ2) is 10.1. The second-order valence-corrected chi connectivity index (χ2v) is 14.5. The molecule has 2 aromatic rings. The standard InChI is InChI=1S/C19H29N2O2Si.ClH.Hg/c1-6-24(7-2,8-3)21-14-16(11-12-20-15(4)22)18-13-17(23-5)9-10-19(18)21;;/h9-10,14H,6-8,11-12H2,1-5H3,(H,20,22);1H;/q;;+1/p-1. The molecule has 0 unspecified atom stereocenters. The molecule has 0 fully saturated rings. The second-order valence-electron chi connectivity index (χ2n) is 6.68. The van der Waals surface area contributed by atoms with Crippen LogP contribution in [-0.2, 0) is 37.3 Å². The van der Waals surface area contributed by atoms with Gasteiger partial charge in [0, 0.05) is 0 Å². The molecular formula is C19H29ClHgN2O2Si. The molecule has 0 aliphatic heterocycles. The molecule has 0 spiro atoms. The van der Waals surface area contributed by atoms with E-state index in [0.717, 1.165) is 12.2 Å². The van der Waals surface area contributed by atoms with Crippen molar-refractivity contribution < 1.29 is 48.1 Å². The van der Waals surface area contributed by atoms with Crippen LogP contribution in [0.2, 0.25) is 18.1 Å². The molecule has 1 aromatic heterocycles. The van der Waals surface area contributed by atoms with Crippen molar-refractivity contribution in [2.75, 3.05) is 13.7 Å². The maximum Gasteiger partial charge on any atom is -1.00 e. The minimum Gasteiger partial charge on any atom is -1.00 e. The van der Waals surface area contributed by atoms with Gasteiger partial charge >= 0.3 is 169 Å². The molecule has 4 nitrogen and oxygen atoms in total. The van der Waals surface area contributed by atoms with Crippen molar-refractivity contribution in [3.63, 3.8) is 0 Å². The molecule has 1 heterocycles. The van der Waals surface area contributed by atoms with Gasteiger partial charge in [-0.05, 0) is 0 Å². The zero-order valence-corrected chi connectivity index (χ0v) is 23.9. The van der Waals surface area contributed by atoms with Crippen molar-refractivity contribution in [3.8, 4) is 5.75 Å². The molecule has 140 valence electrons. The zero-order chi connectivity index (χ0) is 18.6. The Morgan fingerprint density at radius 3 is 2.35 bits per heavy atom. The summed E-state index contributed by atoms with van der Waals surface area (Å²) in [6.07, 6.45) is 3.27. The number of halogens is 1. The van der Waals surface area contributed by atoms with Crippen LogP contribution < -0.4 is 25.5 Å². The van der Waals surface area contributed by atoms with Crippen LogP contribution in [0.1, 0.15) is 33.3 Å². The van der Waals surface area contributed by atoms with Gasteiger partial charge in [-0.25, -0.2) is 0 Å². The Morgan fingerprint density at radius 2 is 1.85 bits per heavy atom. The van der Waals surface area contributed by atoms with Crippen LogP contribution in [0.15, 0.2) is 18.3 Å². The van der Waals surface area contributed by atoms with Crippen LogP contribution in [0.3, 0.4) is 0 Å². The Bertz CT molecular complexity index is 751. The zero-order valence-electron chi connectivity index (χ0n) is 16.6. The Labute approximate surface area is 180 Å². The summed E-state index contributed by atoms with van der Waals surface area (Å²) in [5.74, 6) is 1.06. The molecule has 0 saturated carbocycles. The summed E-state index contributed by atoms with van der Waals surface area (Å²) in [5, 5.41) is 4.33. The van der Waals surface area contributed by atoms with Gasteiger partial charge in [0.05, 0.1) is 0 Å². The average molecular weight is 582 g/mol. The summed E-state index contributed by atoms with van der Waals surface area (Å²) in [4.78, 5) is 11.2. The molecule has 0 aliphatic carbocycles. The van der Waals surface area contributed by atoms with E-state index in [2.05, 4.69) is 48.7 Å². The van der Waals surface area contributed by atoms with Gasteiger partial charge in [-0.1, -0.05) is 0 Å². The number of ether oxygens (including phenoxy) is 1. The van der Waals surface area contributed by atoms with Gasteiger partial charge in [0.2, 0.25) is 0 Å². The molecule has 1 amide bonds. The minimum absolute atomic E-state index is 0. The van der Waals surface area contributed by atoms with Crippen LogP contribution in [0.4, 0.5) is 0 Å². The van der Waals surface area contributed by atoms with E-state index < -0.39 is 8.24 Å². The number of amides is 1. The molecule has 0 aliphatic rings. The summed E-state index contributed by atoms with van der Waals surface area (Å²) < 4.78 is 9.64. The van der Waals surface area contributed by atoms with Gasteiger partial charge in [0.25, 0.3) is 0 Å². The van der Waals surface area contributed by atoms with Crippen molar-refractivity contribution >= 4 is 28.1 Å². The number of methoxy groups -OCH3 is 1. The molecule has 1 N–H and O–H groups in total. The number of benzene rings is 1. The first kappa shape index (κ1) is 23.5. The van der Waals surface area contributed by atoms with Gasteiger partial charge in [-0.3, -0.25) is 0 Å². The van der Waals surface area contributed by atoms with Crippen molar-refractivity contribution in [2.24, 2.45) is 0 Å². The number of fused-ring (bicyclic) bond motifs is 1. The van der Waals surface area contributed by atoms with E-state index in [1.54, 1.807) is 14.0 Å². The van der Waals surface area contributed by atoms with Crippen LogP contribution in [0.5, 0.6) is 5.75 Å². The fraction of sp³-hybridized carbons (Fsp3) is 0.526. The summed E-state index contributed by atoms with van der Waals surface area (Å²) in [6, 6.07) is 8.14. The summed E-state index contributed by atoms with van der Waals surface area (Å²) >= 11 is 0.470. The normalized spacial score (nSPS) is 11.3. The number of rotatable bonds is 8. The van der Waals surface area contributed by atoms with E-state index in [9.17, 15) is 4.79 Å². The largest absolute Gasteiger partial charge is 1.00 e. The van der Waals surface area contributed by atoms with Crippen LogP contribution >= 0.6 is 0 Å². The predicted molar refractivity (Wildman–Crippen MR) is 103 cm³/mol. The first-order valence-corrected chi connectivity index (χ1v) is 14.5. The number of nitrogens with zero attached hydrogens (tertiary/aromatic N) is 1. The van der Waals surface area contributed by atoms with Gasteiger partial charge in [0.15, 0.2) is 0 Å². The Morgan fingerprint density at radius 1 is 1.23 bits per heavy atom. The SMILES string of the molecule is CC[Si](CC)(CC)n1cc(CCNC(C)=O)c2[c]([Hg+])c(OC)ccc21.[Cl-]. The maximum atomic E-state index is 11.2. The third kappa shape index (κ3) is 4.47. The first-order chi connectivity index (χ1) is 11.9. The summed E-state index contributed by atoms with van der Waals surface area (Å²) in [7, 11) is 0.220. The van der Waals surface area contributed by atoms with E-state index in [4.69, 9.17) is 4.74 Å². The third-order valence-electron chi connectivity index (χ3n) is 5.59. The number of hydrogen-bond acceptors (Lipinski definition) is 2. The van der Waals surface area contributed by atoms with E-state index in [1.807, 2.05) is 0 Å². The molecule has 26 heavy (non-hydrogen) atoms. The van der Waals surface area contributed by atoms with Crippen LogP contribution in [0, 0.1) is 0 Å². The molecule has 1 aromatic carbocycles. The molecule has 0 saturated heterocycles. The van der Waals surface area contributed by atoms with E-state index in [0.29, 0.717) is 32.7 Å². The van der Waals surface area contributed by atoms with Gasteiger partial charge in [-0.15, -0.1) is 0 Å². The van der Waals surface area contributed by atoms with Crippen LogP contribution in [-0.4, -0.2) is 32.0 Å². The summed E-state index contributed by atoms with van der Waals surface area (Å²) in [5.41, 5.74) is 2.74. The number of carbonyl (C=O) groups is 1. The minimum atomic E-state index is -1.54. The molecule has 2 rings (SSSR count). The summed E-state index contributed by atoms with van der Waals surface area (Å²) in [6.45, 7) is 9.30. The molecule has 0 atom stereocenters. The molecule has 0 bridgehead atoms. The van der Waals surface area contributed by atoms with E-state index in [1.165, 1.54) is 37.7 Å². The van der Waals surface area contributed by atoms with Crippen molar-refractivity contribution in [1.29, 1.82) is 0 Å². The number of aromatic nitrogens is 1. The topological polar surface area (TPSA) is 43.3 Å². The van der Waals surface area contributed by atoms with E-state index >= 15 is 0 Å². The Kier molecular flexibility index (Phi) is 9.17. The predicted octanol–water partition coefficient (Wildman–Crippen LogP) is 0.358. The third-order valence-corrected chi connectivity index (χ3v) is 13.7. The van der Waals surface area contributed by atoms with Crippen molar-refractivity contribution in [3.05, 3.63) is 23.9 Å². The molecule has 0 radical (unpaired) electrons. The van der Waals surface area contributed by atoms with E-state index in [-0.39, 0.29) is 18.3 Å². The van der Waals surface area contributed by atoms with Crippen molar-refractivity contribution in [2.45, 2.75) is 52.2 Å². The Balaban J connectivity index is 0.00000338. The molecule has 7 heteroatoms. The number of nitrogens with one attached hydrogen (secondary N) is 1. The van der Waals surface area contributed by atoms with Crippen molar-refractivity contribution in [1.82, 2.24) is 9.55 Å². The first-order valence-electron chi connectivity index (χ1n) is 9.21. The fourth-order valence-electron chi connectivity index (χ4n) is 3.87. The fourth-order valence-corrected chi connectivity index (χ4v) is 10.1. The smallest absolute Gasteiger partial charge is 1.00 e. The number of carbonyl (C=O) groups excluding carboxylic acids is 1. The van der Waals surface area contributed by atoms with Gasteiger partial charge in [-0.2, -0.15) is 0 Å². The monoisotopic (exact) mass is 582 g/mol. The van der Waals surface area contributed by atoms with Gasteiger partial charge < -0.3 is 12.4 Å².